The lowest BCUT2D eigenvalue weighted by Crippen LogP contribution is -2.14. The molecular formula is C10H11N5O2. The Morgan fingerprint density at radius 2 is 2.29 bits per heavy atom. The number of carbonyl (C=O) groups excluding carboxylic acids is 1. The van der Waals surface area contributed by atoms with Gasteiger partial charge in [0.15, 0.2) is 0 Å². The van der Waals surface area contributed by atoms with Gasteiger partial charge in [-0.1, -0.05) is 0 Å². The second-order valence-electron chi connectivity index (χ2n) is 3.28. The van der Waals surface area contributed by atoms with Crippen molar-refractivity contribution in [2.45, 2.75) is 6.54 Å². The van der Waals surface area contributed by atoms with Crippen LogP contribution in [0.3, 0.4) is 0 Å². The van der Waals surface area contributed by atoms with Crippen molar-refractivity contribution in [1.29, 1.82) is 0 Å². The topological polar surface area (TPSA) is 95.9 Å². The van der Waals surface area contributed by atoms with Gasteiger partial charge in [-0.3, -0.25) is 14.8 Å². The Bertz CT molecular complexity index is 523. The average Bonchev–Trinajstić information content (AvgIpc) is 2.72. The summed E-state index contributed by atoms with van der Waals surface area (Å²) in [6, 6.07) is 1.63. The highest BCUT2D eigenvalue weighted by Crippen LogP contribution is 2.16. The Morgan fingerprint density at radius 1 is 1.47 bits per heavy atom. The number of carbonyl (C=O) groups is 1. The minimum absolute atomic E-state index is 0.0252. The highest BCUT2D eigenvalue weighted by Gasteiger charge is 2.11. The molecule has 2 heterocycles. The lowest BCUT2D eigenvalue weighted by atomic mass is 10.3. The van der Waals surface area contributed by atoms with Crippen LogP contribution in [0.5, 0.6) is 0 Å². The Morgan fingerprint density at radius 3 is 2.94 bits per heavy atom. The van der Waals surface area contributed by atoms with E-state index < -0.39 is 5.97 Å². The minimum atomic E-state index is -0.412. The summed E-state index contributed by atoms with van der Waals surface area (Å²) in [6.07, 6.45) is 4.70. The lowest BCUT2D eigenvalue weighted by molar-refractivity contribution is -0.141. The van der Waals surface area contributed by atoms with Gasteiger partial charge >= 0.3 is 5.97 Å². The summed E-state index contributed by atoms with van der Waals surface area (Å²) < 4.78 is 5.90. The second kappa shape index (κ2) is 4.60. The molecule has 0 unspecified atom stereocenters. The van der Waals surface area contributed by atoms with Crippen molar-refractivity contribution < 1.29 is 9.53 Å². The van der Waals surface area contributed by atoms with Crippen LogP contribution in [-0.2, 0) is 16.1 Å². The van der Waals surface area contributed by atoms with Gasteiger partial charge in [-0.2, -0.15) is 5.10 Å². The fourth-order valence-electron chi connectivity index (χ4n) is 1.30. The van der Waals surface area contributed by atoms with Gasteiger partial charge in [0.25, 0.3) is 0 Å². The number of nitrogens with zero attached hydrogens (tertiary/aromatic N) is 4. The van der Waals surface area contributed by atoms with Crippen molar-refractivity contribution >= 4 is 11.8 Å². The average molecular weight is 233 g/mol. The van der Waals surface area contributed by atoms with Crippen LogP contribution in [-0.4, -0.2) is 32.8 Å². The number of hydrogen-bond acceptors (Lipinski definition) is 6. The summed E-state index contributed by atoms with van der Waals surface area (Å²) >= 11 is 0. The van der Waals surface area contributed by atoms with Crippen LogP contribution in [0.1, 0.15) is 0 Å². The monoisotopic (exact) mass is 233 g/mol. The molecule has 0 atom stereocenters. The van der Waals surface area contributed by atoms with Gasteiger partial charge in [-0.25, -0.2) is 4.68 Å². The van der Waals surface area contributed by atoms with Crippen molar-refractivity contribution in [1.82, 2.24) is 19.7 Å². The van der Waals surface area contributed by atoms with E-state index in [0.29, 0.717) is 17.2 Å². The highest BCUT2D eigenvalue weighted by molar-refractivity contribution is 5.70. The standard InChI is InChI=1S/C10H11N5O2/c1-17-10(16)6-15-9(11)4-7(14-15)8-5-12-2-3-13-8/h2-5H,6,11H2,1H3. The maximum atomic E-state index is 11.1. The first-order chi connectivity index (χ1) is 8.20. The molecule has 0 radical (unpaired) electrons. The number of esters is 1. The Balaban J connectivity index is 2.28. The molecule has 2 aromatic rings. The summed E-state index contributed by atoms with van der Waals surface area (Å²) in [5.41, 5.74) is 6.90. The van der Waals surface area contributed by atoms with Crippen molar-refractivity contribution in [2.24, 2.45) is 0 Å². The number of anilines is 1. The first-order valence-electron chi connectivity index (χ1n) is 4.87. The largest absolute Gasteiger partial charge is 0.468 e. The van der Waals surface area contributed by atoms with Crippen LogP contribution < -0.4 is 5.73 Å². The third-order valence-corrected chi connectivity index (χ3v) is 2.14. The van der Waals surface area contributed by atoms with Gasteiger partial charge in [0.2, 0.25) is 0 Å². The molecule has 0 aliphatic heterocycles. The second-order valence-corrected chi connectivity index (χ2v) is 3.28. The van der Waals surface area contributed by atoms with Gasteiger partial charge in [0, 0.05) is 18.5 Å². The Hall–Kier alpha value is -2.44. The van der Waals surface area contributed by atoms with Gasteiger partial charge in [-0.15, -0.1) is 0 Å². The quantitative estimate of drug-likeness (QED) is 0.755. The van der Waals surface area contributed by atoms with Crippen molar-refractivity contribution in [3.8, 4) is 11.4 Å². The molecule has 17 heavy (non-hydrogen) atoms. The summed E-state index contributed by atoms with van der Waals surface area (Å²) in [4.78, 5) is 19.1. The maximum absolute atomic E-state index is 11.1. The third kappa shape index (κ3) is 2.39. The van der Waals surface area contributed by atoms with Crippen LogP contribution in [0, 0.1) is 0 Å². The number of aromatic nitrogens is 4. The molecule has 7 nitrogen and oxygen atoms in total. The van der Waals surface area contributed by atoms with E-state index in [2.05, 4.69) is 19.8 Å². The molecule has 0 spiro atoms. The molecule has 0 amide bonds. The van der Waals surface area contributed by atoms with E-state index in [1.165, 1.54) is 11.8 Å². The molecule has 0 bridgehead atoms. The molecular weight excluding hydrogens is 222 g/mol. The van der Waals surface area contributed by atoms with Gasteiger partial charge in [-0.05, 0) is 0 Å². The van der Waals surface area contributed by atoms with Crippen LogP contribution >= 0.6 is 0 Å². The van der Waals surface area contributed by atoms with Crippen LogP contribution in [0.25, 0.3) is 11.4 Å². The highest BCUT2D eigenvalue weighted by atomic mass is 16.5. The summed E-state index contributed by atoms with van der Waals surface area (Å²) in [5.74, 6) is -0.0402. The Labute approximate surface area is 97.2 Å². The smallest absolute Gasteiger partial charge is 0.327 e. The fraction of sp³-hybridized carbons (Fsp3) is 0.200. The van der Waals surface area contributed by atoms with E-state index in [9.17, 15) is 4.79 Å². The predicted molar refractivity (Wildman–Crippen MR) is 59.7 cm³/mol. The van der Waals surface area contributed by atoms with Crippen molar-refractivity contribution in [3.05, 3.63) is 24.7 Å². The first-order valence-corrected chi connectivity index (χ1v) is 4.87. The maximum Gasteiger partial charge on any atom is 0.327 e. The molecule has 0 aliphatic rings. The number of ether oxygens (including phenoxy) is 1. The number of rotatable bonds is 3. The summed E-state index contributed by atoms with van der Waals surface area (Å²) in [6.45, 7) is -0.0252. The zero-order chi connectivity index (χ0) is 12.3. The molecule has 0 fully saturated rings. The van der Waals surface area contributed by atoms with Gasteiger partial charge in [0.05, 0.1) is 13.3 Å². The fourth-order valence-corrected chi connectivity index (χ4v) is 1.30. The molecule has 0 saturated carbocycles. The summed E-state index contributed by atoms with van der Waals surface area (Å²) in [5, 5.41) is 4.16. The van der Waals surface area contributed by atoms with Gasteiger partial charge < -0.3 is 10.5 Å². The van der Waals surface area contributed by atoms with E-state index in [1.807, 2.05) is 0 Å². The van der Waals surface area contributed by atoms with Crippen molar-refractivity contribution in [3.63, 3.8) is 0 Å². The third-order valence-electron chi connectivity index (χ3n) is 2.14. The summed E-state index contributed by atoms with van der Waals surface area (Å²) in [7, 11) is 1.31. The molecule has 88 valence electrons. The lowest BCUT2D eigenvalue weighted by Gasteiger charge is -2.01. The van der Waals surface area contributed by atoms with Gasteiger partial charge in [0.1, 0.15) is 23.8 Å². The van der Waals surface area contributed by atoms with E-state index in [1.54, 1.807) is 24.7 Å². The molecule has 2 aromatic heterocycles. The molecule has 2 rings (SSSR count). The zero-order valence-corrected chi connectivity index (χ0v) is 9.20. The predicted octanol–water partition coefficient (Wildman–Crippen LogP) is 0.0953. The molecule has 0 aliphatic carbocycles. The van der Waals surface area contributed by atoms with Crippen LogP contribution in [0.2, 0.25) is 0 Å². The minimum Gasteiger partial charge on any atom is -0.468 e. The van der Waals surface area contributed by atoms with E-state index in [4.69, 9.17) is 5.73 Å². The normalized spacial score (nSPS) is 10.2. The number of methoxy groups -OCH3 is 1. The molecule has 0 saturated heterocycles. The zero-order valence-electron chi connectivity index (χ0n) is 9.20. The SMILES string of the molecule is COC(=O)Cn1nc(-c2cnccn2)cc1N. The van der Waals surface area contributed by atoms with E-state index in [-0.39, 0.29) is 6.54 Å². The molecule has 2 N–H and O–H groups in total. The number of hydrogen-bond donors (Lipinski definition) is 1. The van der Waals surface area contributed by atoms with E-state index in [0.717, 1.165) is 0 Å². The van der Waals surface area contributed by atoms with Crippen molar-refractivity contribution in [2.75, 3.05) is 12.8 Å². The number of nitrogen functional groups attached to an aromatic ring is 1. The first kappa shape index (κ1) is 11.1. The van der Waals surface area contributed by atoms with Crippen LogP contribution in [0.4, 0.5) is 5.82 Å². The molecule has 7 heteroatoms. The van der Waals surface area contributed by atoms with Crippen LogP contribution in [0.15, 0.2) is 24.7 Å². The molecule has 0 aromatic carbocycles. The van der Waals surface area contributed by atoms with E-state index >= 15 is 0 Å². The number of nitrogens with two attached hydrogens (primary N) is 1. The Kier molecular flexibility index (Phi) is 2.99.